The maximum Gasteiger partial charge on any atom is 0.252 e. The van der Waals surface area contributed by atoms with Crippen molar-refractivity contribution in [2.24, 2.45) is 11.7 Å². The van der Waals surface area contributed by atoms with Crippen molar-refractivity contribution in [3.8, 4) is 0 Å². The summed E-state index contributed by atoms with van der Waals surface area (Å²) in [5.41, 5.74) is 5.66. The number of hydrogen-bond donors (Lipinski definition) is 2. The van der Waals surface area contributed by atoms with E-state index in [-0.39, 0.29) is 11.8 Å². The van der Waals surface area contributed by atoms with Gasteiger partial charge in [-0.15, -0.1) is 0 Å². The number of likely N-dealkylation sites (tertiary alicyclic amines) is 1. The fourth-order valence-corrected chi connectivity index (χ4v) is 3.14. The van der Waals surface area contributed by atoms with Crippen LogP contribution in [-0.2, 0) is 4.79 Å². The highest BCUT2D eigenvalue weighted by molar-refractivity contribution is 6.00. The van der Waals surface area contributed by atoms with Crippen LogP contribution in [0.15, 0.2) is 30.3 Å². The Labute approximate surface area is 130 Å². The largest absolute Gasteiger partial charge is 0.340 e. The molecule has 2 fully saturated rings. The topological polar surface area (TPSA) is 75.4 Å². The summed E-state index contributed by atoms with van der Waals surface area (Å²) in [6.07, 6.45) is 3.54. The molecule has 22 heavy (non-hydrogen) atoms. The minimum Gasteiger partial charge on any atom is -0.340 e. The first-order valence-corrected chi connectivity index (χ1v) is 8.02. The highest BCUT2D eigenvalue weighted by Crippen LogP contribution is 2.38. The van der Waals surface area contributed by atoms with Crippen molar-refractivity contribution >= 4 is 11.8 Å². The van der Waals surface area contributed by atoms with Crippen molar-refractivity contribution in [1.29, 1.82) is 0 Å². The van der Waals surface area contributed by atoms with Crippen molar-refractivity contribution in [2.45, 2.75) is 31.2 Å². The maximum atomic E-state index is 12.8. The fraction of sp³-hybridized carbons (Fsp3) is 0.529. The van der Waals surface area contributed by atoms with Crippen molar-refractivity contribution in [1.82, 2.24) is 10.2 Å². The van der Waals surface area contributed by atoms with Gasteiger partial charge < -0.3 is 16.0 Å². The molecule has 0 radical (unpaired) electrons. The molecule has 5 nitrogen and oxygen atoms in total. The molecule has 1 aromatic carbocycles. The molecule has 118 valence electrons. The first-order valence-electron chi connectivity index (χ1n) is 8.02. The van der Waals surface area contributed by atoms with Gasteiger partial charge in [0.25, 0.3) is 5.91 Å². The molecule has 2 amide bonds. The number of rotatable bonds is 4. The van der Waals surface area contributed by atoms with Gasteiger partial charge in [-0.05, 0) is 50.3 Å². The summed E-state index contributed by atoms with van der Waals surface area (Å²) in [7, 11) is 0. The Morgan fingerprint density at radius 3 is 2.64 bits per heavy atom. The minimum absolute atomic E-state index is 0.0648. The zero-order valence-corrected chi connectivity index (χ0v) is 12.8. The molecule has 2 aliphatic rings. The molecule has 1 atom stereocenters. The fourth-order valence-electron chi connectivity index (χ4n) is 3.14. The number of nitrogens with two attached hydrogens (primary N) is 1. The van der Waals surface area contributed by atoms with Crippen LogP contribution in [0.2, 0.25) is 0 Å². The quantitative estimate of drug-likeness (QED) is 0.876. The average molecular weight is 301 g/mol. The van der Waals surface area contributed by atoms with E-state index >= 15 is 0 Å². The third-order valence-corrected chi connectivity index (χ3v) is 4.69. The Kier molecular flexibility index (Phi) is 4.16. The van der Waals surface area contributed by atoms with E-state index in [1.165, 1.54) is 0 Å². The predicted molar refractivity (Wildman–Crippen MR) is 84.2 cm³/mol. The van der Waals surface area contributed by atoms with Crippen LogP contribution in [-0.4, -0.2) is 41.9 Å². The molecule has 3 rings (SSSR count). The van der Waals surface area contributed by atoms with E-state index in [4.69, 9.17) is 5.73 Å². The highest BCUT2D eigenvalue weighted by Gasteiger charge is 2.53. The van der Waals surface area contributed by atoms with Crippen LogP contribution in [0.25, 0.3) is 0 Å². The van der Waals surface area contributed by atoms with Gasteiger partial charge in [-0.1, -0.05) is 18.2 Å². The van der Waals surface area contributed by atoms with Crippen molar-refractivity contribution < 1.29 is 9.59 Å². The van der Waals surface area contributed by atoms with E-state index in [1.54, 1.807) is 12.1 Å². The summed E-state index contributed by atoms with van der Waals surface area (Å²) in [4.78, 5) is 27.0. The van der Waals surface area contributed by atoms with Crippen LogP contribution in [0.5, 0.6) is 0 Å². The molecule has 3 N–H and O–H groups in total. The Morgan fingerprint density at radius 2 is 2.00 bits per heavy atom. The zero-order valence-electron chi connectivity index (χ0n) is 12.8. The molecule has 0 aromatic heterocycles. The SMILES string of the molecule is NCC1CCCN(C(=O)C2(NC(=O)c3ccccc3)CC2)C1. The second-order valence-electron chi connectivity index (χ2n) is 6.40. The van der Waals surface area contributed by atoms with E-state index in [2.05, 4.69) is 5.32 Å². The van der Waals surface area contributed by atoms with Gasteiger partial charge in [0.1, 0.15) is 5.54 Å². The molecule has 1 aliphatic carbocycles. The summed E-state index contributed by atoms with van der Waals surface area (Å²) in [6, 6.07) is 9.05. The van der Waals surface area contributed by atoms with Crippen LogP contribution in [0.4, 0.5) is 0 Å². The number of carbonyl (C=O) groups is 2. The van der Waals surface area contributed by atoms with Crippen molar-refractivity contribution in [2.75, 3.05) is 19.6 Å². The Balaban J connectivity index is 1.66. The molecule has 0 bridgehead atoms. The van der Waals surface area contributed by atoms with E-state index in [0.717, 1.165) is 38.8 Å². The molecular formula is C17H23N3O2. The van der Waals surface area contributed by atoms with Gasteiger partial charge in [0.05, 0.1) is 0 Å². The van der Waals surface area contributed by atoms with Crippen LogP contribution < -0.4 is 11.1 Å². The van der Waals surface area contributed by atoms with E-state index in [1.807, 2.05) is 23.1 Å². The molecule has 1 saturated carbocycles. The Morgan fingerprint density at radius 1 is 1.27 bits per heavy atom. The zero-order chi connectivity index (χ0) is 15.6. The lowest BCUT2D eigenvalue weighted by molar-refractivity contribution is -0.136. The molecular weight excluding hydrogens is 278 g/mol. The number of benzene rings is 1. The summed E-state index contributed by atoms with van der Waals surface area (Å²) in [6.45, 7) is 2.11. The van der Waals surface area contributed by atoms with Crippen LogP contribution >= 0.6 is 0 Å². The van der Waals surface area contributed by atoms with E-state index in [0.29, 0.717) is 18.0 Å². The predicted octanol–water partition coefficient (Wildman–Crippen LogP) is 1.15. The molecule has 1 saturated heterocycles. The summed E-state index contributed by atoms with van der Waals surface area (Å²) < 4.78 is 0. The van der Waals surface area contributed by atoms with E-state index < -0.39 is 5.54 Å². The van der Waals surface area contributed by atoms with Crippen molar-refractivity contribution in [3.05, 3.63) is 35.9 Å². The van der Waals surface area contributed by atoms with Gasteiger partial charge in [0.15, 0.2) is 0 Å². The van der Waals surface area contributed by atoms with Gasteiger partial charge in [-0.25, -0.2) is 0 Å². The van der Waals surface area contributed by atoms with Gasteiger partial charge in [0, 0.05) is 18.7 Å². The summed E-state index contributed by atoms with van der Waals surface area (Å²) in [5, 5.41) is 2.95. The van der Waals surface area contributed by atoms with Gasteiger partial charge in [-0.2, -0.15) is 0 Å². The number of nitrogens with zero attached hydrogens (tertiary/aromatic N) is 1. The average Bonchev–Trinajstić information content (AvgIpc) is 3.35. The van der Waals surface area contributed by atoms with Crippen LogP contribution in [0.1, 0.15) is 36.0 Å². The van der Waals surface area contributed by atoms with Crippen molar-refractivity contribution in [3.63, 3.8) is 0 Å². The third-order valence-electron chi connectivity index (χ3n) is 4.69. The van der Waals surface area contributed by atoms with Gasteiger partial charge in [0.2, 0.25) is 5.91 Å². The Bertz CT molecular complexity index is 554. The van der Waals surface area contributed by atoms with E-state index in [9.17, 15) is 9.59 Å². The second-order valence-corrected chi connectivity index (χ2v) is 6.40. The highest BCUT2D eigenvalue weighted by atomic mass is 16.2. The molecule has 0 spiro atoms. The van der Waals surface area contributed by atoms with Crippen LogP contribution in [0, 0.1) is 5.92 Å². The lowest BCUT2D eigenvalue weighted by Gasteiger charge is -2.35. The number of hydrogen-bond acceptors (Lipinski definition) is 3. The lowest BCUT2D eigenvalue weighted by atomic mass is 9.97. The van der Waals surface area contributed by atoms with Gasteiger partial charge in [-0.3, -0.25) is 9.59 Å². The van der Waals surface area contributed by atoms with Gasteiger partial charge >= 0.3 is 0 Å². The number of nitrogens with one attached hydrogen (secondary N) is 1. The minimum atomic E-state index is -0.677. The number of carbonyl (C=O) groups excluding carboxylic acids is 2. The Hall–Kier alpha value is -1.88. The monoisotopic (exact) mass is 301 g/mol. The molecule has 1 unspecified atom stereocenters. The van der Waals surface area contributed by atoms with Crippen LogP contribution in [0.3, 0.4) is 0 Å². The summed E-state index contributed by atoms with van der Waals surface area (Å²) >= 11 is 0. The smallest absolute Gasteiger partial charge is 0.252 e. The third kappa shape index (κ3) is 2.99. The maximum absolute atomic E-state index is 12.8. The second kappa shape index (κ2) is 6.08. The molecule has 1 heterocycles. The molecule has 1 aliphatic heterocycles. The lowest BCUT2D eigenvalue weighted by Crippen LogP contribution is -2.53. The molecule has 5 heteroatoms. The number of piperidine rings is 1. The standard InChI is InChI=1S/C17H23N3O2/c18-11-13-5-4-10-20(12-13)16(22)17(8-9-17)19-15(21)14-6-2-1-3-7-14/h1-3,6-7,13H,4-5,8-12,18H2,(H,19,21). The first kappa shape index (κ1) is 15.0. The summed E-state index contributed by atoms with van der Waals surface area (Å²) in [5.74, 6) is 0.284. The number of amides is 2. The molecule has 1 aromatic rings. The normalized spacial score (nSPS) is 23.0. The first-order chi connectivity index (χ1) is 10.6.